The third kappa shape index (κ3) is 15.1. The summed E-state index contributed by atoms with van der Waals surface area (Å²) in [6.45, 7) is 3.40. The molecule has 0 atom stereocenters. The Morgan fingerprint density at radius 3 is 1.02 bits per heavy atom. The molecule has 0 radical (unpaired) electrons. The molecule has 3 fully saturated rings. The molecule has 0 spiro atoms. The molecular weight excluding hydrogens is 1580 g/mol. The Morgan fingerprint density at radius 1 is 0.292 bits per heavy atom. The number of hydrogen-bond acceptors (Lipinski definition) is 0. The van der Waals surface area contributed by atoms with Crippen molar-refractivity contribution in [3.63, 3.8) is 0 Å². The van der Waals surface area contributed by atoms with Gasteiger partial charge >= 0.3 is 0 Å². The summed E-state index contributed by atoms with van der Waals surface area (Å²) in [6.07, 6.45) is 21.7. The van der Waals surface area contributed by atoms with Crippen LogP contribution in [0.4, 0.5) is 0 Å². The van der Waals surface area contributed by atoms with E-state index in [9.17, 15) is 1.37 Å². The summed E-state index contributed by atoms with van der Waals surface area (Å²) in [7, 11) is 15.9. The number of benzene rings is 12. The van der Waals surface area contributed by atoms with Gasteiger partial charge in [-0.15, -0.1) is 0 Å². The Labute approximate surface area is 794 Å². The van der Waals surface area contributed by atoms with Crippen molar-refractivity contribution in [1.29, 1.82) is 0 Å². The first kappa shape index (κ1) is 66.8. The van der Waals surface area contributed by atoms with Gasteiger partial charge in [-0.2, -0.15) is 18.3 Å². The molecule has 0 bridgehead atoms. The minimum Gasteiger partial charge on any atom is -0.338 e. The molecule has 0 saturated heterocycles. The second-order valence-corrected chi connectivity index (χ2v) is 38.8. The smallest absolute Gasteiger partial charge is 0.237 e. The minimum absolute atomic E-state index is 0.265. The summed E-state index contributed by atoms with van der Waals surface area (Å²) >= 11 is 0. The average Bonchev–Trinajstić information content (AvgIpc) is 1.56. The van der Waals surface area contributed by atoms with Crippen molar-refractivity contribution in [2.45, 2.75) is 190 Å². The molecule has 3 saturated carbocycles. The normalized spacial score (nSPS) is 18.0. The van der Waals surface area contributed by atoms with E-state index in [1.807, 2.05) is 94.1 Å². The number of hydrogen-bond donors (Lipinski definition) is 0. The van der Waals surface area contributed by atoms with Crippen LogP contribution in [-0.4, -0.2) is 18.3 Å². The van der Waals surface area contributed by atoms with Crippen LogP contribution < -0.4 is 18.3 Å². The molecule has 3 aliphatic rings. The van der Waals surface area contributed by atoms with Crippen molar-refractivity contribution in [3.8, 4) is 45.0 Å². The maximum Gasteiger partial charge on any atom is 0.237 e. The molecule has 8 nitrogen and oxygen atoms in total. The van der Waals surface area contributed by atoms with Crippen molar-refractivity contribution in [2.75, 3.05) is 0 Å². The van der Waals surface area contributed by atoms with Crippen LogP contribution in [0.3, 0.4) is 0 Å². The summed E-state index contributed by atoms with van der Waals surface area (Å²) in [6, 6.07) is 72.7. The Morgan fingerprint density at radius 2 is 0.631 bits per heavy atom. The molecular formula is C122H130N8+4. The van der Waals surface area contributed by atoms with Crippen LogP contribution >= 0.6 is 0 Å². The summed E-state index contributed by atoms with van der Waals surface area (Å²) in [5.74, 6) is -1.63. The maximum atomic E-state index is 9.33. The third-order valence-electron chi connectivity index (χ3n) is 29.5. The lowest BCUT2D eigenvalue weighted by atomic mass is 9.71. The molecule has 0 unspecified atom stereocenters. The number of aryl methyl sites for hydroxylation is 18. The summed E-state index contributed by atoms with van der Waals surface area (Å²) in [4.78, 5) is 0. The molecule has 654 valence electrons. The van der Waals surface area contributed by atoms with Crippen LogP contribution in [0, 0.1) is 74.3 Å². The highest BCUT2D eigenvalue weighted by molar-refractivity contribution is 6.20. The highest BCUT2D eigenvalue weighted by atomic mass is 15.0. The Hall–Kier alpha value is -12.5. The third-order valence-corrected chi connectivity index (χ3v) is 29.5. The topological polar surface area (TPSA) is 35.2 Å². The van der Waals surface area contributed by atoms with Crippen molar-refractivity contribution < 1.29 is 42.9 Å². The number of aromatic nitrogens is 8. The van der Waals surface area contributed by atoms with Crippen LogP contribution in [0.15, 0.2) is 237 Å². The Bertz CT molecular complexity index is 8830. The van der Waals surface area contributed by atoms with E-state index in [4.69, 9.17) is 23.3 Å². The van der Waals surface area contributed by atoms with Gasteiger partial charge < -0.3 is 18.3 Å². The molecule has 3 aliphatic carbocycles. The fraction of sp³-hybridized carbons (Fsp3) is 0.311. The van der Waals surface area contributed by atoms with Crippen LogP contribution in [-0.2, 0) is 56.4 Å². The predicted octanol–water partition coefficient (Wildman–Crippen LogP) is 29.8. The number of rotatable bonds is 7. The van der Waals surface area contributed by atoms with E-state index in [0.717, 1.165) is 213 Å². The number of nitrogens with zero attached hydrogens (tertiary/aromatic N) is 8. The second-order valence-electron chi connectivity index (χ2n) is 38.8. The standard InChI is InChI=1S/C34H39N2.C32H35N2.C30H31N2.C26H25N2/c1-21-8-11-28(22(2)16-21)32-33-31(23(3)20-35(32)6)29-18-27-17-25(24-12-14-34(4,5)15-13-24)9-10-26(27)19-30(29)36(33)7;1-20-11-14-27(21(2)15-20)31-32-30(22(3)19-33(31)4)28-17-26-16-24(23-9-7-6-8-10-23)12-13-25(26)18-29(28)34(32)5;1-20-9-7-8-12-25(20)29-30-26(15-16-31(29)2)27-18-24-17-22(21-10-5-4-6-11-21)13-14-23(24)19-28(27)32(30)3;1-16-10-11-19-14-23-22(13-20(19)12-16)24-18(3)15-27(4)25(26(24)28(23)5)21-9-7-6-8-17(21)2/h8-11,16-20,24H,12-15H2,1-7H3;11-19,23H,6-10H2,1-5H3;7-9,12-19,21H,4-6,10-11H2,1-3H3;6-15H,1-5H3/q4*+1/i1D3,3D3,24D;1D3,3D3,23D;21D;3D3. The van der Waals surface area contributed by atoms with Gasteiger partial charge in [0.2, 0.25) is 22.8 Å². The zero-order chi connectivity index (χ0) is 106. The monoisotopic (exact) mass is 1730 g/mol. The first-order chi connectivity index (χ1) is 69.7. The van der Waals surface area contributed by atoms with E-state index in [2.05, 4.69) is 242 Å². The van der Waals surface area contributed by atoms with Gasteiger partial charge in [0.1, 0.15) is 50.3 Å². The maximum absolute atomic E-state index is 9.33. The van der Waals surface area contributed by atoms with E-state index in [-0.39, 0.29) is 27.7 Å². The van der Waals surface area contributed by atoms with Gasteiger partial charge in [0, 0.05) is 141 Å². The SMILES string of the molecule is [2H]C([2H])([2H])c1c[n+](C)c(-c2ccccc2C)c2c1c1cc3cc(C)ccc3cc1n2C.[2H]C([2H])([2H])c1ccc(-c2c3c(c(C([2H])([2H])[2H])c[n+]2C)c2cc4cc(C5([2H])CCC(C)(C)CC5)ccc4cc2n3C)c(C)c1.[2H]C([2H])([2H])c1ccc(-c2c3c(c(C([2H])([2H])[2H])c[n+]2C)c2cc4cc(C5([2H])CCCCC5)ccc4cc2n3C)c(C)c1.[2H]C1(c2ccc3cc4c(cc3c2)c2cc[n+](C)c(-c3ccccc3C)c2n4C)CCCCC1. The van der Waals surface area contributed by atoms with Crippen LogP contribution in [0.1, 0.15) is 218 Å². The van der Waals surface area contributed by atoms with Gasteiger partial charge in [-0.25, -0.2) is 0 Å². The predicted molar refractivity (Wildman–Crippen MR) is 552 cm³/mol. The first-order valence-corrected chi connectivity index (χ1v) is 46.6. The minimum atomic E-state index is -2.35. The molecule has 23 rings (SSSR count). The van der Waals surface area contributed by atoms with E-state index >= 15 is 0 Å². The lowest BCUT2D eigenvalue weighted by Gasteiger charge is -2.34. The lowest BCUT2D eigenvalue weighted by Crippen LogP contribution is -2.32. The molecule has 130 heavy (non-hydrogen) atoms. The number of pyridine rings is 4. The van der Waals surface area contributed by atoms with Gasteiger partial charge in [0.25, 0.3) is 0 Å². The largest absolute Gasteiger partial charge is 0.338 e. The fourth-order valence-electron chi connectivity index (χ4n) is 22.4. The van der Waals surface area contributed by atoms with Crippen molar-refractivity contribution in [3.05, 3.63) is 309 Å². The molecule has 8 heterocycles. The zero-order valence-corrected chi connectivity index (χ0v) is 78.0. The summed E-state index contributed by atoms with van der Waals surface area (Å²) in [5, 5.41) is 16.3. The zero-order valence-electron chi connectivity index (χ0n) is 96.0. The van der Waals surface area contributed by atoms with E-state index in [0.29, 0.717) is 16.3 Å². The van der Waals surface area contributed by atoms with E-state index < -0.39 is 51.9 Å². The quantitative estimate of drug-likeness (QED) is 0.143. The average molecular weight is 1730 g/mol. The van der Waals surface area contributed by atoms with Crippen LogP contribution in [0.25, 0.3) is 175 Å². The van der Waals surface area contributed by atoms with E-state index in [1.54, 1.807) is 42.9 Å². The van der Waals surface area contributed by atoms with E-state index in [1.165, 1.54) is 86.2 Å². The highest BCUT2D eigenvalue weighted by Gasteiger charge is 2.33. The molecule has 20 aromatic rings. The number of fused-ring (bicyclic) bond motifs is 16. The van der Waals surface area contributed by atoms with Crippen molar-refractivity contribution >= 4 is 130 Å². The Kier molecular flexibility index (Phi) is 17.3. The lowest BCUT2D eigenvalue weighted by molar-refractivity contribution is -0.659. The van der Waals surface area contributed by atoms with Crippen LogP contribution in [0.2, 0.25) is 0 Å². The van der Waals surface area contributed by atoms with Crippen molar-refractivity contribution in [2.24, 2.45) is 61.8 Å². The van der Waals surface area contributed by atoms with Gasteiger partial charge in [-0.1, -0.05) is 203 Å². The fourth-order valence-corrected chi connectivity index (χ4v) is 22.4. The van der Waals surface area contributed by atoms with Gasteiger partial charge in [0.05, 0.1) is 22.3 Å². The molecule has 12 aromatic carbocycles. The van der Waals surface area contributed by atoms with Gasteiger partial charge in [0.15, 0.2) is 24.8 Å². The first-order valence-electron chi connectivity index (χ1n) is 55.6. The molecule has 8 heteroatoms. The van der Waals surface area contributed by atoms with Crippen LogP contribution in [0.5, 0.6) is 0 Å². The second kappa shape index (κ2) is 33.8. The summed E-state index contributed by atoms with van der Waals surface area (Å²) in [5.41, 5.74) is 26.2. The Balaban J connectivity index is 0.000000121. The molecule has 0 amide bonds. The molecule has 0 N–H and O–H groups in total. The molecule has 0 aliphatic heterocycles. The van der Waals surface area contributed by atoms with Gasteiger partial charge in [-0.3, -0.25) is 0 Å². The summed E-state index contributed by atoms with van der Waals surface area (Å²) < 4.78 is 167. The molecule has 8 aromatic heterocycles. The highest BCUT2D eigenvalue weighted by Crippen LogP contribution is 2.48. The van der Waals surface area contributed by atoms with Gasteiger partial charge in [-0.05, 0) is 298 Å². The van der Waals surface area contributed by atoms with Crippen molar-refractivity contribution in [1.82, 2.24) is 18.3 Å².